The number of urea groups is 1. The zero-order chi connectivity index (χ0) is 15.8. The average molecular weight is 310 g/mol. The van der Waals surface area contributed by atoms with Gasteiger partial charge in [-0.25, -0.2) is 4.79 Å². The summed E-state index contributed by atoms with van der Waals surface area (Å²) in [5.41, 5.74) is 0.780. The average Bonchev–Trinajstić information content (AvgIpc) is 2.99. The van der Waals surface area contributed by atoms with E-state index in [0.29, 0.717) is 19.5 Å². The van der Waals surface area contributed by atoms with Crippen LogP contribution in [0.2, 0.25) is 0 Å². The predicted molar refractivity (Wildman–Crippen MR) is 75.7 cm³/mol. The molecule has 0 aliphatic rings. The summed E-state index contributed by atoms with van der Waals surface area (Å²) in [6.45, 7) is -2.09. The van der Waals surface area contributed by atoms with Gasteiger partial charge in [0.05, 0.1) is 6.26 Å². The van der Waals surface area contributed by atoms with E-state index in [1.807, 2.05) is 6.07 Å². The zero-order valence-electron chi connectivity index (χ0n) is 11.7. The number of halogens is 2. The SMILES string of the molecule is O=C(NCCc1ccco1)NCc1ccc(OC(F)F)cc1. The lowest BCUT2D eigenvalue weighted by Crippen LogP contribution is -2.36. The van der Waals surface area contributed by atoms with Gasteiger partial charge in [0, 0.05) is 19.5 Å². The van der Waals surface area contributed by atoms with Gasteiger partial charge in [-0.3, -0.25) is 0 Å². The van der Waals surface area contributed by atoms with Crippen LogP contribution in [-0.4, -0.2) is 19.2 Å². The molecule has 0 fully saturated rings. The Morgan fingerprint density at radius 3 is 2.59 bits per heavy atom. The van der Waals surface area contributed by atoms with Crippen LogP contribution in [-0.2, 0) is 13.0 Å². The third-order valence-electron chi connectivity index (χ3n) is 2.84. The highest BCUT2D eigenvalue weighted by Gasteiger charge is 2.05. The van der Waals surface area contributed by atoms with Crippen molar-refractivity contribution in [3.05, 3.63) is 54.0 Å². The number of carbonyl (C=O) groups is 1. The van der Waals surface area contributed by atoms with Gasteiger partial charge in [0.15, 0.2) is 0 Å². The molecule has 0 saturated heterocycles. The molecule has 7 heteroatoms. The number of benzene rings is 1. The van der Waals surface area contributed by atoms with Crippen molar-refractivity contribution in [2.45, 2.75) is 19.6 Å². The van der Waals surface area contributed by atoms with E-state index < -0.39 is 6.61 Å². The highest BCUT2D eigenvalue weighted by Crippen LogP contribution is 2.14. The minimum atomic E-state index is -2.84. The first-order valence-corrected chi connectivity index (χ1v) is 6.71. The van der Waals surface area contributed by atoms with Crippen LogP contribution in [0.25, 0.3) is 0 Å². The monoisotopic (exact) mass is 310 g/mol. The number of rotatable bonds is 7. The Hall–Kier alpha value is -2.57. The van der Waals surface area contributed by atoms with Gasteiger partial charge in [0.25, 0.3) is 0 Å². The van der Waals surface area contributed by atoms with E-state index in [-0.39, 0.29) is 11.8 Å². The summed E-state index contributed by atoms with van der Waals surface area (Å²) in [7, 11) is 0. The largest absolute Gasteiger partial charge is 0.469 e. The van der Waals surface area contributed by atoms with Gasteiger partial charge >= 0.3 is 12.6 Å². The first-order chi connectivity index (χ1) is 10.6. The Morgan fingerprint density at radius 2 is 1.95 bits per heavy atom. The third-order valence-corrected chi connectivity index (χ3v) is 2.84. The number of alkyl halides is 2. The molecule has 5 nitrogen and oxygen atoms in total. The molecule has 22 heavy (non-hydrogen) atoms. The van der Waals surface area contributed by atoms with Gasteiger partial charge in [-0.2, -0.15) is 8.78 Å². The second-order valence-corrected chi connectivity index (χ2v) is 4.46. The third kappa shape index (κ3) is 5.43. The number of nitrogens with one attached hydrogen (secondary N) is 2. The highest BCUT2D eigenvalue weighted by atomic mass is 19.3. The van der Waals surface area contributed by atoms with Crippen molar-refractivity contribution < 1.29 is 22.7 Å². The molecule has 0 aliphatic heterocycles. The molecule has 0 spiro atoms. The number of amides is 2. The van der Waals surface area contributed by atoms with Gasteiger partial charge in [0.1, 0.15) is 11.5 Å². The molecule has 0 bridgehead atoms. The van der Waals surface area contributed by atoms with E-state index in [1.54, 1.807) is 24.5 Å². The Morgan fingerprint density at radius 1 is 1.18 bits per heavy atom. The fourth-order valence-corrected chi connectivity index (χ4v) is 1.79. The maximum atomic E-state index is 12.0. The quantitative estimate of drug-likeness (QED) is 0.826. The first kappa shape index (κ1) is 15.8. The van der Waals surface area contributed by atoms with E-state index in [0.717, 1.165) is 11.3 Å². The Balaban J connectivity index is 1.67. The van der Waals surface area contributed by atoms with Crippen LogP contribution in [0.15, 0.2) is 47.1 Å². The summed E-state index contributed by atoms with van der Waals surface area (Å²) in [5, 5.41) is 5.36. The minimum absolute atomic E-state index is 0.0849. The minimum Gasteiger partial charge on any atom is -0.469 e. The number of ether oxygens (including phenoxy) is 1. The zero-order valence-corrected chi connectivity index (χ0v) is 11.7. The summed E-state index contributed by atoms with van der Waals surface area (Å²) < 4.78 is 33.4. The van der Waals surface area contributed by atoms with Crippen LogP contribution in [0.1, 0.15) is 11.3 Å². The van der Waals surface area contributed by atoms with Crippen molar-refractivity contribution in [1.82, 2.24) is 10.6 Å². The van der Waals surface area contributed by atoms with Crippen molar-refractivity contribution in [2.75, 3.05) is 6.54 Å². The van der Waals surface area contributed by atoms with Gasteiger partial charge in [-0.1, -0.05) is 12.1 Å². The van der Waals surface area contributed by atoms with E-state index in [4.69, 9.17) is 4.42 Å². The predicted octanol–water partition coefficient (Wildman–Crippen LogP) is 2.92. The first-order valence-electron chi connectivity index (χ1n) is 6.71. The molecule has 2 aromatic rings. The highest BCUT2D eigenvalue weighted by molar-refractivity contribution is 5.73. The van der Waals surface area contributed by atoms with Crippen molar-refractivity contribution in [3.63, 3.8) is 0 Å². The van der Waals surface area contributed by atoms with Gasteiger partial charge in [-0.05, 0) is 29.8 Å². The summed E-state index contributed by atoms with van der Waals surface area (Å²) in [4.78, 5) is 11.6. The molecular formula is C15H16F2N2O3. The molecule has 118 valence electrons. The summed E-state index contributed by atoms with van der Waals surface area (Å²) in [6.07, 6.45) is 2.19. The van der Waals surface area contributed by atoms with Crippen molar-refractivity contribution in [2.24, 2.45) is 0 Å². The maximum absolute atomic E-state index is 12.0. The molecule has 0 radical (unpaired) electrons. The molecule has 0 saturated carbocycles. The molecule has 2 amide bonds. The van der Waals surface area contributed by atoms with Gasteiger partial charge in [0.2, 0.25) is 0 Å². The van der Waals surface area contributed by atoms with Crippen molar-refractivity contribution in [1.29, 1.82) is 0 Å². The second-order valence-electron chi connectivity index (χ2n) is 4.46. The van der Waals surface area contributed by atoms with Crippen LogP contribution in [0.3, 0.4) is 0 Å². The van der Waals surface area contributed by atoms with E-state index >= 15 is 0 Å². The molecule has 0 atom stereocenters. The number of furan rings is 1. The summed E-state index contributed by atoms with van der Waals surface area (Å²) in [5.74, 6) is 0.886. The van der Waals surface area contributed by atoms with Crippen molar-refractivity contribution >= 4 is 6.03 Å². The summed E-state index contributed by atoms with van der Waals surface area (Å²) >= 11 is 0. The lowest BCUT2D eigenvalue weighted by molar-refractivity contribution is -0.0498. The molecular weight excluding hydrogens is 294 g/mol. The maximum Gasteiger partial charge on any atom is 0.387 e. The Bertz CT molecular complexity index is 571. The summed E-state index contributed by atoms with van der Waals surface area (Å²) in [6, 6.07) is 9.40. The Kier molecular flexibility index (Phi) is 5.76. The number of hydrogen-bond donors (Lipinski definition) is 2. The van der Waals surface area contributed by atoms with Crippen LogP contribution >= 0.6 is 0 Å². The molecule has 1 aromatic carbocycles. The standard InChI is InChI=1S/C15H16F2N2O3/c16-14(17)22-13-5-3-11(4-6-13)10-19-15(20)18-8-7-12-2-1-9-21-12/h1-6,9,14H,7-8,10H2,(H2,18,19,20). The lowest BCUT2D eigenvalue weighted by atomic mass is 10.2. The molecule has 2 N–H and O–H groups in total. The van der Waals surface area contributed by atoms with E-state index in [2.05, 4.69) is 15.4 Å². The molecule has 2 rings (SSSR count). The molecule has 1 heterocycles. The fourth-order valence-electron chi connectivity index (χ4n) is 1.79. The van der Waals surface area contributed by atoms with Crippen LogP contribution in [0.5, 0.6) is 5.75 Å². The van der Waals surface area contributed by atoms with E-state index in [1.165, 1.54) is 12.1 Å². The van der Waals surface area contributed by atoms with Gasteiger partial charge < -0.3 is 19.8 Å². The lowest BCUT2D eigenvalue weighted by Gasteiger charge is -2.08. The molecule has 1 aromatic heterocycles. The van der Waals surface area contributed by atoms with E-state index in [9.17, 15) is 13.6 Å². The van der Waals surface area contributed by atoms with Crippen LogP contribution in [0.4, 0.5) is 13.6 Å². The van der Waals surface area contributed by atoms with Crippen LogP contribution in [0, 0.1) is 0 Å². The number of carbonyl (C=O) groups excluding carboxylic acids is 1. The number of hydrogen-bond acceptors (Lipinski definition) is 3. The fraction of sp³-hybridized carbons (Fsp3) is 0.267. The normalized spacial score (nSPS) is 10.5. The second kappa shape index (κ2) is 8.02. The Labute approximate surface area is 126 Å². The topological polar surface area (TPSA) is 63.5 Å². The smallest absolute Gasteiger partial charge is 0.387 e. The van der Waals surface area contributed by atoms with Crippen LogP contribution < -0.4 is 15.4 Å². The molecule has 0 unspecified atom stereocenters. The van der Waals surface area contributed by atoms with Crippen molar-refractivity contribution in [3.8, 4) is 5.75 Å². The molecule has 0 aliphatic carbocycles. The van der Waals surface area contributed by atoms with Gasteiger partial charge in [-0.15, -0.1) is 0 Å².